The van der Waals surface area contributed by atoms with Crippen LogP contribution in [0.4, 0.5) is 0 Å². The smallest absolute Gasteiger partial charge is 0.361 e. The number of carboxylic acid groups (broad SMARTS) is 1. The van der Waals surface area contributed by atoms with Crippen LogP contribution in [0, 0.1) is 0 Å². The second-order valence-corrected chi connectivity index (χ2v) is 25.9. The summed E-state index contributed by atoms with van der Waals surface area (Å²) >= 11 is 0. The number of allylic oxidation sites excluding steroid dienone is 18. The lowest BCUT2D eigenvalue weighted by atomic mass is 10.0. The van der Waals surface area contributed by atoms with Crippen LogP contribution >= 0.6 is 0 Å². The Bertz CT molecular complexity index is 1830. The summed E-state index contributed by atoms with van der Waals surface area (Å²) in [4.78, 5) is 37.7. The van der Waals surface area contributed by atoms with Crippen molar-refractivity contribution >= 4 is 17.9 Å². The minimum Gasteiger partial charge on any atom is -0.477 e. The number of ether oxygens (including phenoxy) is 4. The van der Waals surface area contributed by atoms with Gasteiger partial charge in [0.2, 0.25) is 0 Å². The van der Waals surface area contributed by atoms with Crippen molar-refractivity contribution in [3.63, 3.8) is 0 Å². The standard InChI is InChI=1S/C80H139NO8/c1-6-8-10-12-14-16-18-20-22-24-26-28-30-32-34-35-36-37-38-39-40-41-42-43-45-47-49-51-53-55-57-59-61-63-65-67-69-71-78(83)89-76(75-88-80(79(84)85)86-73-72-81(3,4)5)74-87-77(82)70-68-66-64-62-60-58-56-54-52-50-48-46-44-33-31-29-27-25-23-21-19-17-15-13-11-9-7-2/h8,10,14,16,19-22,25-28,31-34,36-37,76,80H,6-7,9,11-13,15,17-18,23-24,29-30,35,38-75H2,1-5H3/p+1/b10-8-,16-14-,21-19-,22-20-,27-25-,28-26-,33-31-,34-32-,37-36-. The van der Waals surface area contributed by atoms with E-state index in [0.29, 0.717) is 17.4 Å². The number of carbonyl (C=O) groups excluding carboxylic acids is 2. The van der Waals surface area contributed by atoms with Crippen molar-refractivity contribution in [2.24, 2.45) is 0 Å². The topological polar surface area (TPSA) is 108 Å². The van der Waals surface area contributed by atoms with Gasteiger partial charge in [0.25, 0.3) is 6.29 Å². The van der Waals surface area contributed by atoms with Crippen LogP contribution in [0.15, 0.2) is 109 Å². The molecular weight excluding hydrogens is 1100 g/mol. The molecule has 0 saturated heterocycles. The van der Waals surface area contributed by atoms with E-state index in [0.717, 1.165) is 89.9 Å². The van der Waals surface area contributed by atoms with Gasteiger partial charge in [-0.3, -0.25) is 9.59 Å². The first-order valence-corrected chi connectivity index (χ1v) is 37.1. The quantitative estimate of drug-likeness (QED) is 0.0211. The van der Waals surface area contributed by atoms with Crippen molar-refractivity contribution in [1.82, 2.24) is 0 Å². The Hall–Kier alpha value is -4.05. The lowest BCUT2D eigenvalue weighted by molar-refractivity contribution is -0.870. The molecule has 2 unspecified atom stereocenters. The van der Waals surface area contributed by atoms with Gasteiger partial charge in [-0.1, -0.05) is 316 Å². The third-order valence-corrected chi connectivity index (χ3v) is 16.0. The lowest BCUT2D eigenvalue weighted by Crippen LogP contribution is -2.40. The minimum absolute atomic E-state index is 0.184. The molecule has 0 aliphatic heterocycles. The van der Waals surface area contributed by atoms with Gasteiger partial charge in [-0.25, -0.2) is 4.79 Å². The van der Waals surface area contributed by atoms with E-state index in [9.17, 15) is 19.5 Å². The van der Waals surface area contributed by atoms with Gasteiger partial charge in [-0.05, 0) is 103 Å². The first-order chi connectivity index (χ1) is 43.6. The zero-order valence-corrected chi connectivity index (χ0v) is 58.6. The fourth-order valence-corrected chi connectivity index (χ4v) is 10.4. The van der Waals surface area contributed by atoms with Crippen LogP contribution in [-0.4, -0.2) is 87.4 Å². The Balaban J connectivity index is 4.07. The highest BCUT2D eigenvalue weighted by Gasteiger charge is 2.25. The fourth-order valence-electron chi connectivity index (χ4n) is 10.4. The van der Waals surface area contributed by atoms with E-state index in [1.54, 1.807) is 0 Å². The van der Waals surface area contributed by atoms with Crippen LogP contribution in [0.5, 0.6) is 0 Å². The molecular formula is C80H140NO8+. The molecule has 0 heterocycles. The van der Waals surface area contributed by atoms with E-state index in [1.165, 1.54) is 205 Å². The number of carboxylic acids is 1. The van der Waals surface area contributed by atoms with Crippen molar-refractivity contribution in [3.8, 4) is 0 Å². The van der Waals surface area contributed by atoms with Gasteiger partial charge in [0.15, 0.2) is 6.10 Å². The maximum Gasteiger partial charge on any atom is 0.361 e. The molecule has 0 fully saturated rings. The first kappa shape index (κ1) is 85.0. The van der Waals surface area contributed by atoms with E-state index in [1.807, 2.05) is 21.1 Å². The molecule has 9 nitrogen and oxygen atoms in total. The summed E-state index contributed by atoms with van der Waals surface area (Å²) in [5, 5.41) is 9.76. The summed E-state index contributed by atoms with van der Waals surface area (Å²) in [6, 6.07) is 0. The molecule has 0 bridgehead atoms. The van der Waals surface area contributed by atoms with E-state index < -0.39 is 24.3 Å². The number of likely N-dealkylation sites (N-methyl/N-ethyl adjacent to an activating group) is 1. The number of unbranched alkanes of at least 4 members (excludes halogenated alkanes) is 35. The van der Waals surface area contributed by atoms with Gasteiger partial charge in [0, 0.05) is 12.8 Å². The monoisotopic (exact) mass is 1240 g/mol. The fraction of sp³-hybridized carbons (Fsp3) is 0.738. The Labute approximate surface area is 549 Å². The van der Waals surface area contributed by atoms with Gasteiger partial charge >= 0.3 is 17.9 Å². The third-order valence-electron chi connectivity index (χ3n) is 16.0. The van der Waals surface area contributed by atoms with Crippen LogP contribution in [-0.2, 0) is 33.3 Å². The van der Waals surface area contributed by atoms with Crippen LogP contribution < -0.4 is 0 Å². The number of quaternary nitrogens is 1. The molecule has 89 heavy (non-hydrogen) atoms. The Kier molecular flexibility index (Phi) is 66.7. The second-order valence-electron chi connectivity index (χ2n) is 25.9. The maximum atomic E-state index is 13.0. The normalized spacial score (nSPS) is 13.3. The summed E-state index contributed by atoms with van der Waals surface area (Å²) in [5.41, 5.74) is 0. The van der Waals surface area contributed by atoms with E-state index in [4.69, 9.17) is 18.9 Å². The van der Waals surface area contributed by atoms with Crippen molar-refractivity contribution in [3.05, 3.63) is 109 Å². The minimum atomic E-state index is -1.52. The van der Waals surface area contributed by atoms with E-state index in [-0.39, 0.29) is 32.2 Å². The van der Waals surface area contributed by atoms with Gasteiger partial charge in [-0.15, -0.1) is 0 Å². The number of aliphatic carboxylic acids is 1. The van der Waals surface area contributed by atoms with Crippen molar-refractivity contribution in [1.29, 1.82) is 0 Å². The number of nitrogens with zero attached hydrogens (tertiary/aromatic N) is 1. The predicted molar refractivity (Wildman–Crippen MR) is 382 cm³/mol. The summed E-state index contributed by atoms with van der Waals surface area (Å²) in [5.74, 6) is -2.00. The Morgan fingerprint density at radius 3 is 0.955 bits per heavy atom. The SMILES string of the molecule is CC/C=C\C/C=C\C/C=C\C/C=C\C/C=C\C/C=C\CCCCCCCCCCCCCCCCCCCCC(=O)OC(COC(=O)CCCCCCCCCCCCCC/C=C\C/C=C\C/C=C\CCCCCCC)COC(OCC[N+](C)(C)C)C(=O)O. The zero-order valence-electron chi connectivity index (χ0n) is 58.6. The highest BCUT2D eigenvalue weighted by Crippen LogP contribution is 2.18. The molecule has 0 rings (SSSR count). The van der Waals surface area contributed by atoms with Crippen LogP contribution in [0.25, 0.3) is 0 Å². The Morgan fingerprint density at radius 1 is 0.348 bits per heavy atom. The van der Waals surface area contributed by atoms with Crippen molar-refractivity contribution < 1.29 is 42.9 Å². The summed E-state index contributed by atoms with van der Waals surface area (Å²) in [6.07, 6.45) is 95.0. The molecule has 0 spiro atoms. The van der Waals surface area contributed by atoms with E-state index >= 15 is 0 Å². The highest BCUT2D eigenvalue weighted by molar-refractivity contribution is 5.71. The van der Waals surface area contributed by atoms with Crippen molar-refractivity contribution in [2.45, 2.75) is 334 Å². The molecule has 0 aliphatic carbocycles. The van der Waals surface area contributed by atoms with Crippen LogP contribution in [0.1, 0.15) is 322 Å². The molecule has 0 aromatic carbocycles. The van der Waals surface area contributed by atoms with E-state index in [2.05, 4.69) is 123 Å². The molecule has 0 aliphatic rings. The molecule has 2 atom stereocenters. The number of hydrogen-bond donors (Lipinski definition) is 1. The molecule has 9 heteroatoms. The maximum absolute atomic E-state index is 13.0. The second kappa shape index (κ2) is 69.8. The van der Waals surface area contributed by atoms with Crippen molar-refractivity contribution in [2.75, 3.05) is 47.5 Å². The molecule has 0 aromatic heterocycles. The number of carbonyl (C=O) groups is 3. The summed E-state index contributed by atoms with van der Waals surface area (Å²) in [6.45, 7) is 4.78. The predicted octanol–water partition coefficient (Wildman–Crippen LogP) is 23.4. The first-order valence-electron chi connectivity index (χ1n) is 37.1. The molecule has 0 radical (unpaired) electrons. The lowest BCUT2D eigenvalue weighted by Gasteiger charge is -2.25. The number of esters is 2. The third kappa shape index (κ3) is 71.3. The van der Waals surface area contributed by atoms with Gasteiger partial charge in [0.05, 0.1) is 34.4 Å². The summed E-state index contributed by atoms with van der Waals surface area (Å²) < 4.78 is 23.0. The number of hydrogen-bond acceptors (Lipinski definition) is 7. The molecule has 0 amide bonds. The van der Waals surface area contributed by atoms with Crippen LogP contribution in [0.3, 0.4) is 0 Å². The highest BCUT2D eigenvalue weighted by atomic mass is 16.7. The average Bonchev–Trinajstić information content (AvgIpc) is 3.70. The van der Waals surface area contributed by atoms with Crippen LogP contribution in [0.2, 0.25) is 0 Å². The van der Waals surface area contributed by atoms with Gasteiger partial charge in [0.1, 0.15) is 13.2 Å². The summed E-state index contributed by atoms with van der Waals surface area (Å²) in [7, 11) is 5.98. The molecule has 512 valence electrons. The largest absolute Gasteiger partial charge is 0.477 e. The Morgan fingerprint density at radius 2 is 0.640 bits per heavy atom. The average molecular weight is 1240 g/mol. The molecule has 1 N–H and O–H groups in total. The zero-order chi connectivity index (χ0) is 64.7. The molecule has 0 aromatic rings. The van der Waals surface area contributed by atoms with Gasteiger partial charge in [-0.2, -0.15) is 0 Å². The number of rotatable bonds is 68. The molecule has 0 saturated carbocycles. The van der Waals surface area contributed by atoms with Gasteiger partial charge < -0.3 is 28.5 Å².